The summed E-state index contributed by atoms with van der Waals surface area (Å²) in [5.41, 5.74) is 3.59. The maximum atomic E-state index is 13.2. The minimum atomic E-state index is -0.599. The summed E-state index contributed by atoms with van der Waals surface area (Å²) in [6.07, 6.45) is 4.36. The maximum Gasteiger partial charge on any atom is 0.410 e. The standard InChI is InChI=1S/C32H32ClN5O3/c1-32(2,3)41-31(40)37-13-7-10-23(19-37)30(39)36-29-15-26(27(33)17-35-29)22-11-12-25-24(16-34)20-38(28(25)14-22)18-21-8-5-4-6-9-21/h4-6,8-9,11-12,14-15,17,20,23H,7,10,13,18-19H2,1-3H3,(H,35,36,39). The Morgan fingerprint density at radius 2 is 1.95 bits per heavy atom. The Labute approximate surface area is 244 Å². The molecule has 0 radical (unpaired) electrons. The van der Waals surface area contributed by atoms with Gasteiger partial charge in [-0.25, -0.2) is 9.78 Å². The lowest BCUT2D eigenvalue weighted by atomic mass is 9.97. The first-order valence-electron chi connectivity index (χ1n) is 13.6. The number of carbonyl (C=O) groups excluding carboxylic acids is 2. The molecule has 0 saturated carbocycles. The van der Waals surface area contributed by atoms with Gasteiger partial charge in [0.2, 0.25) is 5.91 Å². The number of nitrogens with one attached hydrogen (secondary N) is 1. The molecule has 2 amide bonds. The molecule has 1 saturated heterocycles. The fourth-order valence-electron chi connectivity index (χ4n) is 5.10. The van der Waals surface area contributed by atoms with Gasteiger partial charge in [-0.05, 0) is 56.9 Å². The zero-order valence-electron chi connectivity index (χ0n) is 23.4. The van der Waals surface area contributed by atoms with Crippen molar-refractivity contribution in [1.29, 1.82) is 5.26 Å². The molecule has 1 fully saturated rings. The monoisotopic (exact) mass is 569 g/mol. The normalized spacial score (nSPS) is 15.4. The van der Waals surface area contributed by atoms with Crippen LogP contribution < -0.4 is 5.32 Å². The smallest absolute Gasteiger partial charge is 0.410 e. The Morgan fingerprint density at radius 3 is 2.68 bits per heavy atom. The van der Waals surface area contributed by atoms with E-state index in [1.165, 1.54) is 6.20 Å². The second kappa shape index (κ2) is 11.6. The van der Waals surface area contributed by atoms with Crippen molar-refractivity contribution in [2.45, 2.75) is 45.8 Å². The number of halogens is 1. The average Bonchev–Trinajstić information content (AvgIpc) is 3.30. The molecule has 2 aromatic heterocycles. The molecule has 1 aliphatic heterocycles. The third-order valence-electron chi connectivity index (χ3n) is 7.06. The van der Waals surface area contributed by atoms with E-state index >= 15 is 0 Å². The lowest BCUT2D eigenvalue weighted by Gasteiger charge is -2.33. The SMILES string of the molecule is CC(C)(C)OC(=O)N1CCCC(C(=O)Nc2cc(-c3ccc4c(C#N)cn(Cc5ccccc5)c4c3)c(Cl)cn2)C1. The molecule has 41 heavy (non-hydrogen) atoms. The second-order valence-corrected chi connectivity index (χ2v) is 11.7. The van der Waals surface area contributed by atoms with E-state index in [2.05, 4.69) is 33.1 Å². The van der Waals surface area contributed by atoms with Gasteiger partial charge in [-0.3, -0.25) is 4.79 Å². The number of hydrogen-bond donors (Lipinski definition) is 1. The van der Waals surface area contributed by atoms with Crippen LogP contribution in [0.3, 0.4) is 0 Å². The summed E-state index contributed by atoms with van der Waals surface area (Å²) in [4.78, 5) is 31.7. The van der Waals surface area contributed by atoms with Crippen molar-refractivity contribution in [3.05, 3.63) is 83.1 Å². The van der Waals surface area contributed by atoms with E-state index in [1.807, 2.05) is 63.4 Å². The first-order chi connectivity index (χ1) is 19.6. The summed E-state index contributed by atoms with van der Waals surface area (Å²) < 4.78 is 7.55. The van der Waals surface area contributed by atoms with Crippen molar-refractivity contribution in [1.82, 2.24) is 14.5 Å². The highest BCUT2D eigenvalue weighted by Crippen LogP contribution is 2.33. The summed E-state index contributed by atoms with van der Waals surface area (Å²) >= 11 is 6.58. The molecule has 1 atom stereocenters. The molecular weight excluding hydrogens is 538 g/mol. The lowest BCUT2D eigenvalue weighted by molar-refractivity contribution is -0.121. The van der Waals surface area contributed by atoms with E-state index in [9.17, 15) is 14.9 Å². The van der Waals surface area contributed by atoms with Crippen molar-refractivity contribution in [2.24, 2.45) is 5.92 Å². The van der Waals surface area contributed by atoms with Crippen molar-refractivity contribution in [3.8, 4) is 17.2 Å². The van der Waals surface area contributed by atoms with E-state index in [4.69, 9.17) is 16.3 Å². The molecule has 0 spiro atoms. The van der Waals surface area contributed by atoms with Gasteiger partial charge in [0.05, 0.1) is 22.0 Å². The van der Waals surface area contributed by atoms with Gasteiger partial charge in [0, 0.05) is 43.0 Å². The van der Waals surface area contributed by atoms with Crippen molar-refractivity contribution in [3.63, 3.8) is 0 Å². The molecular formula is C32H32ClN5O3. The van der Waals surface area contributed by atoms with Crippen LogP contribution in [0.2, 0.25) is 5.02 Å². The van der Waals surface area contributed by atoms with Crippen LogP contribution in [0.5, 0.6) is 0 Å². The highest BCUT2D eigenvalue weighted by Gasteiger charge is 2.31. The van der Waals surface area contributed by atoms with E-state index in [0.717, 1.165) is 22.0 Å². The summed E-state index contributed by atoms with van der Waals surface area (Å²) in [6.45, 7) is 6.94. The number of amides is 2. The van der Waals surface area contributed by atoms with Crippen molar-refractivity contribution >= 4 is 40.3 Å². The second-order valence-electron chi connectivity index (χ2n) is 11.3. The van der Waals surface area contributed by atoms with Crippen LogP contribution in [0, 0.1) is 17.2 Å². The zero-order valence-corrected chi connectivity index (χ0v) is 24.1. The maximum absolute atomic E-state index is 13.2. The van der Waals surface area contributed by atoms with Crippen LogP contribution >= 0.6 is 11.6 Å². The summed E-state index contributed by atoms with van der Waals surface area (Å²) in [6, 6.07) is 20.0. The third kappa shape index (κ3) is 6.53. The third-order valence-corrected chi connectivity index (χ3v) is 7.36. The number of carbonyl (C=O) groups is 2. The van der Waals surface area contributed by atoms with Gasteiger partial charge in [-0.15, -0.1) is 0 Å². The van der Waals surface area contributed by atoms with Crippen LogP contribution in [-0.2, 0) is 16.1 Å². The molecule has 5 rings (SSSR count). The highest BCUT2D eigenvalue weighted by atomic mass is 35.5. The Kier molecular flexibility index (Phi) is 8.00. The van der Waals surface area contributed by atoms with Gasteiger partial charge in [0.15, 0.2) is 0 Å². The predicted octanol–water partition coefficient (Wildman–Crippen LogP) is 6.86. The van der Waals surface area contributed by atoms with E-state index in [1.54, 1.807) is 11.0 Å². The number of piperidine rings is 1. The molecule has 1 unspecified atom stereocenters. The molecule has 210 valence electrons. The summed E-state index contributed by atoms with van der Waals surface area (Å²) in [5, 5.41) is 13.9. The number of benzene rings is 2. The molecule has 0 aliphatic carbocycles. The lowest BCUT2D eigenvalue weighted by Crippen LogP contribution is -2.45. The number of pyridine rings is 1. The Hall–Kier alpha value is -4.35. The van der Waals surface area contributed by atoms with Crippen molar-refractivity contribution < 1.29 is 14.3 Å². The molecule has 1 aliphatic rings. The van der Waals surface area contributed by atoms with Gasteiger partial charge in [0.25, 0.3) is 0 Å². The fourth-order valence-corrected chi connectivity index (χ4v) is 5.31. The number of aromatic nitrogens is 2. The fraction of sp³-hybridized carbons (Fsp3) is 0.312. The summed E-state index contributed by atoms with van der Waals surface area (Å²) in [5.74, 6) is -0.203. The van der Waals surface area contributed by atoms with Crippen LogP contribution in [0.25, 0.3) is 22.0 Å². The number of hydrogen-bond acceptors (Lipinski definition) is 5. The minimum absolute atomic E-state index is 0.204. The van der Waals surface area contributed by atoms with Gasteiger partial charge >= 0.3 is 6.09 Å². The minimum Gasteiger partial charge on any atom is -0.444 e. The Balaban J connectivity index is 1.37. The topological polar surface area (TPSA) is 100 Å². The number of likely N-dealkylation sites (tertiary alicyclic amines) is 1. The average molecular weight is 570 g/mol. The first kappa shape index (κ1) is 28.2. The van der Waals surface area contributed by atoms with Crippen LogP contribution in [-0.4, -0.2) is 45.1 Å². The van der Waals surface area contributed by atoms with Gasteiger partial charge in [0.1, 0.15) is 17.5 Å². The Bertz CT molecular complexity index is 1640. The number of anilines is 1. The molecule has 3 heterocycles. The number of nitrogens with zero attached hydrogens (tertiary/aromatic N) is 4. The molecule has 9 heteroatoms. The van der Waals surface area contributed by atoms with E-state index in [-0.39, 0.29) is 18.4 Å². The first-order valence-corrected chi connectivity index (χ1v) is 14.0. The van der Waals surface area contributed by atoms with Crippen LogP contribution in [0.15, 0.2) is 67.0 Å². The molecule has 2 aromatic carbocycles. The van der Waals surface area contributed by atoms with E-state index in [0.29, 0.717) is 47.9 Å². The van der Waals surface area contributed by atoms with Crippen LogP contribution in [0.1, 0.15) is 44.7 Å². The molecule has 0 bridgehead atoms. The summed E-state index contributed by atoms with van der Waals surface area (Å²) in [7, 11) is 0. The van der Waals surface area contributed by atoms with E-state index < -0.39 is 11.7 Å². The number of rotatable bonds is 5. The molecule has 1 N–H and O–H groups in total. The number of nitriles is 1. The van der Waals surface area contributed by atoms with Crippen LogP contribution in [0.4, 0.5) is 10.6 Å². The number of fused-ring (bicyclic) bond motifs is 1. The Morgan fingerprint density at radius 1 is 1.17 bits per heavy atom. The quantitative estimate of drug-likeness (QED) is 0.283. The van der Waals surface area contributed by atoms with Gasteiger partial charge < -0.3 is 19.5 Å². The zero-order chi connectivity index (χ0) is 29.1. The molecule has 8 nitrogen and oxygen atoms in total. The largest absolute Gasteiger partial charge is 0.444 e. The molecule has 4 aromatic rings. The van der Waals surface area contributed by atoms with Gasteiger partial charge in [-0.2, -0.15) is 5.26 Å². The van der Waals surface area contributed by atoms with Gasteiger partial charge in [-0.1, -0.05) is 54.1 Å². The number of ether oxygens (including phenoxy) is 1. The van der Waals surface area contributed by atoms with Crippen molar-refractivity contribution in [2.75, 3.05) is 18.4 Å². The predicted molar refractivity (Wildman–Crippen MR) is 160 cm³/mol. The highest BCUT2D eigenvalue weighted by molar-refractivity contribution is 6.33.